The molecule has 0 amide bonds. The van der Waals surface area contributed by atoms with Crippen molar-refractivity contribution in [1.82, 2.24) is 19.6 Å². The molecule has 0 bridgehead atoms. The molecule has 90 valence electrons. The van der Waals surface area contributed by atoms with Crippen molar-refractivity contribution in [2.24, 2.45) is 0 Å². The number of aromatic nitrogens is 4. The van der Waals surface area contributed by atoms with Gasteiger partial charge in [-0.1, -0.05) is 33.6 Å². The fourth-order valence-electron chi connectivity index (χ4n) is 1.78. The molecule has 3 aromatic rings. The van der Waals surface area contributed by atoms with Crippen molar-refractivity contribution in [3.63, 3.8) is 0 Å². The van der Waals surface area contributed by atoms with E-state index in [0.717, 1.165) is 21.4 Å². The third-order valence-corrected chi connectivity index (χ3v) is 3.86. The Labute approximate surface area is 117 Å². The highest BCUT2D eigenvalue weighted by Crippen LogP contribution is 2.25. The fourth-order valence-corrected chi connectivity index (χ4v) is 2.21. The smallest absolute Gasteiger partial charge is 0.198 e. The molecule has 4 nitrogen and oxygen atoms in total. The summed E-state index contributed by atoms with van der Waals surface area (Å²) in [5.41, 5.74) is 2.70. The first-order chi connectivity index (χ1) is 8.66. The van der Waals surface area contributed by atoms with E-state index in [1.165, 1.54) is 0 Å². The molecule has 3 rings (SSSR count). The molecule has 1 aromatic carbocycles. The largest absolute Gasteiger partial charge is 0.278 e. The first-order valence-electron chi connectivity index (χ1n) is 5.28. The molecule has 2 heterocycles. The Morgan fingerprint density at radius 1 is 1.28 bits per heavy atom. The number of aryl methyl sites for hydroxylation is 1. The lowest BCUT2D eigenvalue weighted by Crippen LogP contribution is -1.91. The minimum Gasteiger partial charge on any atom is -0.278 e. The van der Waals surface area contributed by atoms with Crippen molar-refractivity contribution < 1.29 is 0 Å². The zero-order valence-electron chi connectivity index (χ0n) is 9.43. The van der Waals surface area contributed by atoms with E-state index in [-0.39, 0.29) is 0 Å². The van der Waals surface area contributed by atoms with E-state index in [0.29, 0.717) is 10.8 Å². The summed E-state index contributed by atoms with van der Waals surface area (Å²) >= 11 is 9.45. The second-order valence-electron chi connectivity index (χ2n) is 3.90. The topological polar surface area (TPSA) is 43.1 Å². The van der Waals surface area contributed by atoms with Crippen molar-refractivity contribution in [2.75, 3.05) is 0 Å². The van der Waals surface area contributed by atoms with Gasteiger partial charge in [-0.15, -0.1) is 10.2 Å². The Morgan fingerprint density at radius 2 is 2.11 bits per heavy atom. The molecule has 0 saturated carbocycles. The van der Waals surface area contributed by atoms with Gasteiger partial charge in [0.25, 0.3) is 0 Å². The summed E-state index contributed by atoms with van der Waals surface area (Å²) in [5, 5.41) is 8.58. The maximum atomic E-state index is 5.97. The molecule has 0 fully saturated rings. The van der Waals surface area contributed by atoms with Crippen LogP contribution in [0.5, 0.6) is 0 Å². The SMILES string of the molecule is Cc1cc(-c2nnc3c(Cl)nccn23)ccc1Br. The number of halogens is 2. The second kappa shape index (κ2) is 4.33. The van der Waals surface area contributed by atoms with Crippen LogP contribution in [0.4, 0.5) is 0 Å². The van der Waals surface area contributed by atoms with Crippen molar-refractivity contribution in [3.05, 3.63) is 45.8 Å². The molecule has 0 atom stereocenters. The van der Waals surface area contributed by atoms with Gasteiger partial charge in [-0.2, -0.15) is 0 Å². The molecule has 0 aliphatic rings. The Morgan fingerprint density at radius 3 is 2.89 bits per heavy atom. The molecule has 0 N–H and O–H groups in total. The van der Waals surface area contributed by atoms with Crippen LogP contribution >= 0.6 is 27.5 Å². The van der Waals surface area contributed by atoms with E-state index < -0.39 is 0 Å². The van der Waals surface area contributed by atoms with Gasteiger partial charge in [0.2, 0.25) is 0 Å². The molecule has 0 aliphatic carbocycles. The molecular formula is C12H8BrClN4. The molecule has 0 radical (unpaired) electrons. The summed E-state index contributed by atoms with van der Waals surface area (Å²) in [6, 6.07) is 6.03. The maximum Gasteiger partial charge on any atom is 0.198 e. The average molecular weight is 324 g/mol. The number of rotatable bonds is 1. The number of hydrogen-bond donors (Lipinski definition) is 0. The van der Waals surface area contributed by atoms with E-state index in [2.05, 4.69) is 37.2 Å². The van der Waals surface area contributed by atoms with E-state index in [4.69, 9.17) is 11.6 Å². The highest BCUT2D eigenvalue weighted by atomic mass is 79.9. The van der Waals surface area contributed by atoms with Crippen LogP contribution in [0, 0.1) is 6.92 Å². The van der Waals surface area contributed by atoms with Crippen LogP contribution in [0.2, 0.25) is 5.15 Å². The summed E-state index contributed by atoms with van der Waals surface area (Å²) in [6.07, 6.45) is 3.43. The zero-order chi connectivity index (χ0) is 12.7. The van der Waals surface area contributed by atoms with Crippen LogP contribution < -0.4 is 0 Å². The van der Waals surface area contributed by atoms with Gasteiger partial charge in [-0.25, -0.2) is 4.98 Å². The van der Waals surface area contributed by atoms with Crippen molar-refractivity contribution in [3.8, 4) is 11.4 Å². The van der Waals surface area contributed by atoms with Crippen LogP contribution in [-0.4, -0.2) is 19.6 Å². The van der Waals surface area contributed by atoms with Gasteiger partial charge in [-0.3, -0.25) is 4.40 Å². The molecule has 2 aromatic heterocycles. The van der Waals surface area contributed by atoms with Crippen LogP contribution in [0.15, 0.2) is 35.1 Å². The quantitative estimate of drug-likeness (QED) is 0.688. The highest BCUT2D eigenvalue weighted by Gasteiger charge is 2.11. The summed E-state index contributed by atoms with van der Waals surface area (Å²) in [5.74, 6) is 0.755. The Bertz CT molecular complexity index is 738. The molecule has 0 spiro atoms. The van der Waals surface area contributed by atoms with Crippen molar-refractivity contribution in [1.29, 1.82) is 0 Å². The van der Waals surface area contributed by atoms with Gasteiger partial charge < -0.3 is 0 Å². The van der Waals surface area contributed by atoms with E-state index >= 15 is 0 Å². The van der Waals surface area contributed by atoms with Gasteiger partial charge >= 0.3 is 0 Å². The lowest BCUT2D eigenvalue weighted by Gasteiger charge is -2.03. The lowest BCUT2D eigenvalue weighted by atomic mass is 10.1. The Hall–Kier alpha value is -1.46. The zero-order valence-corrected chi connectivity index (χ0v) is 11.8. The van der Waals surface area contributed by atoms with Gasteiger partial charge in [0.15, 0.2) is 16.6 Å². The van der Waals surface area contributed by atoms with Crippen molar-refractivity contribution >= 4 is 33.2 Å². The van der Waals surface area contributed by atoms with E-state index in [1.54, 1.807) is 12.4 Å². The molecule has 6 heteroatoms. The monoisotopic (exact) mass is 322 g/mol. The molecule has 0 saturated heterocycles. The van der Waals surface area contributed by atoms with Crippen LogP contribution in [0.1, 0.15) is 5.56 Å². The number of fused-ring (bicyclic) bond motifs is 1. The Balaban J connectivity index is 2.25. The van der Waals surface area contributed by atoms with E-state index in [1.807, 2.05) is 23.5 Å². The van der Waals surface area contributed by atoms with Gasteiger partial charge in [0, 0.05) is 22.4 Å². The van der Waals surface area contributed by atoms with Gasteiger partial charge in [0.1, 0.15) is 0 Å². The summed E-state index contributed by atoms with van der Waals surface area (Å²) in [7, 11) is 0. The second-order valence-corrected chi connectivity index (χ2v) is 5.11. The summed E-state index contributed by atoms with van der Waals surface area (Å²) < 4.78 is 2.90. The molecule has 0 aliphatic heterocycles. The van der Waals surface area contributed by atoms with Crippen LogP contribution in [0.25, 0.3) is 17.0 Å². The van der Waals surface area contributed by atoms with Gasteiger partial charge in [-0.05, 0) is 24.6 Å². The summed E-state index contributed by atoms with van der Waals surface area (Å²) in [4.78, 5) is 3.98. The molecular weight excluding hydrogens is 316 g/mol. The lowest BCUT2D eigenvalue weighted by molar-refractivity contribution is 1.11. The highest BCUT2D eigenvalue weighted by molar-refractivity contribution is 9.10. The normalized spacial score (nSPS) is 11.1. The third-order valence-electron chi connectivity index (χ3n) is 2.70. The number of nitrogens with zero attached hydrogens (tertiary/aromatic N) is 4. The maximum absolute atomic E-state index is 5.97. The predicted octanol–water partition coefficient (Wildman–Crippen LogP) is 3.52. The third kappa shape index (κ3) is 1.79. The molecule has 0 unspecified atom stereocenters. The predicted molar refractivity (Wildman–Crippen MR) is 73.7 cm³/mol. The first-order valence-corrected chi connectivity index (χ1v) is 6.45. The van der Waals surface area contributed by atoms with Crippen molar-refractivity contribution in [2.45, 2.75) is 6.92 Å². The van der Waals surface area contributed by atoms with Crippen LogP contribution in [-0.2, 0) is 0 Å². The van der Waals surface area contributed by atoms with E-state index in [9.17, 15) is 0 Å². The summed E-state index contributed by atoms with van der Waals surface area (Å²) in [6.45, 7) is 2.03. The van der Waals surface area contributed by atoms with Gasteiger partial charge in [0.05, 0.1) is 0 Å². The Kier molecular flexibility index (Phi) is 2.80. The number of benzene rings is 1. The minimum atomic E-state index is 0.352. The molecule has 18 heavy (non-hydrogen) atoms. The number of hydrogen-bond acceptors (Lipinski definition) is 3. The standard InChI is InChI=1S/C12H8BrClN4/c1-7-6-8(2-3-9(7)13)11-16-17-12-10(14)15-4-5-18(11)12/h2-6H,1H3. The van der Waals surface area contributed by atoms with Crippen LogP contribution in [0.3, 0.4) is 0 Å². The average Bonchev–Trinajstić information content (AvgIpc) is 2.78. The first kappa shape index (κ1) is 11.6. The minimum absolute atomic E-state index is 0.352. The fraction of sp³-hybridized carbons (Fsp3) is 0.0833.